The van der Waals surface area contributed by atoms with Crippen LogP contribution in [0.3, 0.4) is 0 Å². The number of fused-ring (bicyclic) bond motifs is 1. The molecule has 178 valence electrons. The average molecular weight is 484 g/mol. The third kappa shape index (κ3) is 5.80. The van der Waals surface area contributed by atoms with Gasteiger partial charge >= 0.3 is 5.97 Å². The number of carbonyl (C=O) groups is 3. The van der Waals surface area contributed by atoms with Crippen LogP contribution in [-0.4, -0.2) is 35.4 Å². The molecule has 1 aromatic heterocycles. The maximum absolute atomic E-state index is 13.8. The van der Waals surface area contributed by atoms with Crippen molar-refractivity contribution < 1.29 is 28.6 Å². The molecule has 0 spiro atoms. The Morgan fingerprint density at radius 3 is 2.47 bits per heavy atom. The van der Waals surface area contributed by atoms with E-state index in [1.807, 2.05) is 0 Å². The SMILES string of the molecule is O=C(CCCNC(=O)c1cc2cccc(F)c2s1)c1ccc(OC2CCC(C(=O)O)CC2)cc1. The number of halogens is 1. The number of carboxylic acid groups (broad SMARTS) is 1. The molecular weight excluding hydrogens is 457 g/mol. The lowest BCUT2D eigenvalue weighted by atomic mass is 9.87. The Bertz CT molecular complexity index is 1180. The van der Waals surface area contributed by atoms with E-state index in [1.54, 1.807) is 42.5 Å². The number of carbonyl (C=O) groups excluding carboxylic acids is 2. The summed E-state index contributed by atoms with van der Waals surface area (Å²) in [6.07, 6.45) is 3.44. The van der Waals surface area contributed by atoms with Gasteiger partial charge in [-0.15, -0.1) is 11.3 Å². The Labute approximate surface area is 200 Å². The van der Waals surface area contributed by atoms with Crippen LogP contribution in [0.15, 0.2) is 48.5 Å². The third-order valence-corrected chi connectivity index (χ3v) is 7.25. The summed E-state index contributed by atoms with van der Waals surface area (Å²) < 4.78 is 20.2. The topological polar surface area (TPSA) is 92.7 Å². The van der Waals surface area contributed by atoms with Crippen LogP contribution in [0.25, 0.3) is 10.1 Å². The molecule has 1 aliphatic carbocycles. The van der Waals surface area contributed by atoms with Crippen LogP contribution in [0.5, 0.6) is 5.75 Å². The van der Waals surface area contributed by atoms with E-state index >= 15 is 0 Å². The van der Waals surface area contributed by atoms with Gasteiger partial charge in [0.1, 0.15) is 11.6 Å². The molecule has 4 rings (SSSR count). The van der Waals surface area contributed by atoms with E-state index in [1.165, 1.54) is 6.07 Å². The van der Waals surface area contributed by atoms with Crippen molar-refractivity contribution in [3.05, 3.63) is 64.8 Å². The number of benzene rings is 2. The normalized spacial score (nSPS) is 17.9. The predicted octanol–water partition coefficient (Wildman–Crippen LogP) is 5.46. The van der Waals surface area contributed by atoms with Crippen molar-refractivity contribution >= 4 is 39.1 Å². The van der Waals surface area contributed by atoms with Gasteiger partial charge in [-0.2, -0.15) is 0 Å². The molecule has 0 aliphatic heterocycles. The summed E-state index contributed by atoms with van der Waals surface area (Å²) in [5, 5.41) is 12.6. The van der Waals surface area contributed by atoms with Gasteiger partial charge in [-0.25, -0.2) is 4.39 Å². The second kappa shape index (κ2) is 10.8. The Morgan fingerprint density at radius 2 is 1.79 bits per heavy atom. The third-order valence-electron chi connectivity index (χ3n) is 6.09. The molecule has 6 nitrogen and oxygen atoms in total. The summed E-state index contributed by atoms with van der Waals surface area (Å²) in [6, 6.07) is 13.4. The Kier molecular flexibility index (Phi) is 7.57. The highest BCUT2D eigenvalue weighted by molar-refractivity contribution is 7.20. The monoisotopic (exact) mass is 483 g/mol. The van der Waals surface area contributed by atoms with Crippen molar-refractivity contribution in [2.24, 2.45) is 5.92 Å². The zero-order valence-corrected chi connectivity index (χ0v) is 19.4. The standard InChI is InChI=1S/C26H26FNO5S/c27-21-4-1-3-18-15-23(34-24(18)21)25(30)28-14-2-5-22(29)16-6-10-19(11-7-16)33-20-12-8-17(9-13-20)26(31)32/h1,3-4,6-7,10-11,15,17,20H,2,5,8-9,12-14H2,(H,28,30)(H,31,32). The van der Waals surface area contributed by atoms with Crippen molar-refractivity contribution in [1.82, 2.24) is 5.32 Å². The number of ether oxygens (including phenoxy) is 1. The molecule has 1 aliphatic rings. The number of hydrogen-bond acceptors (Lipinski definition) is 5. The van der Waals surface area contributed by atoms with Gasteiger partial charge in [-0.3, -0.25) is 14.4 Å². The first-order valence-corrected chi connectivity index (χ1v) is 12.2. The van der Waals surface area contributed by atoms with Gasteiger partial charge in [0.15, 0.2) is 5.78 Å². The smallest absolute Gasteiger partial charge is 0.306 e. The molecule has 1 amide bonds. The first-order valence-electron chi connectivity index (χ1n) is 11.4. The zero-order valence-electron chi connectivity index (χ0n) is 18.6. The number of ketones is 1. The average Bonchev–Trinajstić information content (AvgIpc) is 3.28. The lowest BCUT2D eigenvalue weighted by Gasteiger charge is -2.26. The fourth-order valence-corrected chi connectivity index (χ4v) is 5.14. The van der Waals surface area contributed by atoms with Crippen molar-refractivity contribution in [3.8, 4) is 5.75 Å². The minimum atomic E-state index is -0.739. The number of hydrogen-bond donors (Lipinski definition) is 2. The molecular formula is C26H26FNO5S. The van der Waals surface area contributed by atoms with Crippen LogP contribution >= 0.6 is 11.3 Å². The fraction of sp³-hybridized carbons (Fsp3) is 0.346. The summed E-state index contributed by atoms with van der Waals surface area (Å²) in [5.41, 5.74) is 0.577. The van der Waals surface area contributed by atoms with E-state index in [0.717, 1.165) is 11.3 Å². The molecule has 0 radical (unpaired) electrons. The number of carboxylic acids is 1. The molecule has 0 unspecified atom stereocenters. The Hall–Kier alpha value is -3.26. The van der Waals surface area contributed by atoms with Crippen LogP contribution in [0, 0.1) is 11.7 Å². The number of thiophene rings is 1. The highest BCUT2D eigenvalue weighted by Crippen LogP contribution is 2.29. The number of nitrogens with one attached hydrogen (secondary N) is 1. The minimum Gasteiger partial charge on any atom is -0.490 e. The Morgan fingerprint density at radius 1 is 1.06 bits per heavy atom. The summed E-state index contributed by atoms with van der Waals surface area (Å²) >= 11 is 1.12. The molecule has 1 saturated carbocycles. The fourth-order valence-electron chi connectivity index (χ4n) is 4.16. The van der Waals surface area contributed by atoms with Gasteiger partial charge in [0.2, 0.25) is 0 Å². The van der Waals surface area contributed by atoms with Crippen LogP contribution in [-0.2, 0) is 4.79 Å². The lowest BCUT2D eigenvalue weighted by Crippen LogP contribution is -2.27. The molecule has 1 heterocycles. The van der Waals surface area contributed by atoms with E-state index < -0.39 is 5.97 Å². The molecule has 2 aromatic carbocycles. The molecule has 0 saturated heterocycles. The number of rotatable bonds is 9. The summed E-state index contributed by atoms with van der Waals surface area (Å²) in [6.45, 7) is 0.349. The summed E-state index contributed by atoms with van der Waals surface area (Å²) in [5.74, 6) is -0.982. The molecule has 0 atom stereocenters. The highest BCUT2D eigenvalue weighted by atomic mass is 32.1. The largest absolute Gasteiger partial charge is 0.490 e. The van der Waals surface area contributed by atoms with E-state index in [4.69, 9.17) is 9.84 Å². The zero-order chi connectivity index (χ0) is 24.1. The van der Waals surface area contributed by atoms with Crippen LogP contribution < -0.4 is 10.1 Å². The highest BCUT2D eigenvalue weighted by Gasteiger charge is 2.26. The van der Waals surface area contributed by atoms with Gasteiger partial charge in [0, 0.05) is 18.5 Å². The van der Waals surface area contributed by atoms with Crippen molar-refractivity contribution in [2.75, 3.05) is 6.54 Å². The van der Waals surface area contributed by atoms with Crippen molar-refractivity contribution in [1.29, 1.82) is 0 Å². The maximum atomic E-state index is 13.8. The minimum absolute atomic E-state index is 0.00167. The van der Waals surface area contributed by atoms with Gasteiger partial charge < -0.3 is 15.2 Å². The van der Waals surface area contributed by atoms with Gasteiger partial charge in [0.05, 0.1) is 21.6 Å². The second-order valence-electron chi connectivity index (χ2n) is 8.51. The summed E-state index contributed by atoms with van der Waals surface area (Å²) in [7, 11) is 0. The van der Waals surface area contributed by atoms with Crippen LogP contribution in [0.2, 0.25) is 0 Å². The first-order chi connectivity index (χ1) is 16.4. The first kappa shape index (κ1) is 23.9. The molecule has 34 heavy (non-hydrogen) atoms. The second-order valence-corrected chi connectivity index (χ2v) is 9.56. The van der Waals surface area contributed by atoms with Crippen LogP contribution in [0.1, 0.15) is 58.6 Å². The van der Waals surface area contributed by atoms with E-state index in [0.29, 0.717) is 71.3 Å². The van der Waals surface area contributed by atoms with E-state index in [9.17, 15) is 18.8 Å². The molecule has 2 N–H and O–H groups in total. The molecule has 0 bridgehead atoms. The van der Waals surface area contributed by atoms with Crippen LogP contribution in [0.4, 0.5) is 4.39 Å². The number of Topliss-reactive ketones (excluding diaryl/α,β-unsaturated/α-hetero) is 1. The van der Waals surface area contributed by atoms with Gasteiger partial charge in [-0.05, 0) is 73.9 Å². The van der Waals surface area contributed by atoms with E-state index in [2.05, 4.69) is 5.32 Å². The number of amides is 1. The Balaban J connectivity index is 1.20. The van der Waals surface area contributed by atoms with Gasteiger partial charge in [0.25, 0.3) is 5.91 Å². The molecule has 3 aromatic rings. The molecule has 8 heteroatoms. The lowest BCUT2D eigenvalue weighted by molar-refractivity contribution is -0.143. The quantitative estimate of drug-likeness (QED) is 0.312. The van der Waals surface area contributed by atoms with Crippen molar-refractivity contribution in [3.63, 3.8) is 0 Å². The molecule has 1 fully saturated rings. The summed E-state index contributed by atoms with van der Waals surface area (Å²) in [4.78, 5) is 36.3. The number of aliphatic carboxylic acids is 1. The van der Waals surface area contributed by atoms with E-state index in [-0.39, 0.29) is 29.5 Å². The maximum Gasteiger partial charge on any atom is 0.306 e. The van der Waals surface area contributed by atoms with Crippen molar-refractivity contribution in [2.45, 2.75) is 44.6 Å². The van der Waals surface area contributed by atoms with Gasteiger partial charge in [-0.1, -0.05) is 12.1 Å². The predicted molar refractivity (Wildman–Crippen MR) is 128 cm³/mol.